The Morgan fingerprint density at radius 1 is 1.00 bits per heavy atom. The molecule has 0 amide bonds. The lowest BCUT2D eigenvalue weighted by molar-refractivity contribution is 0.253. The largest absolute Gasteiger partial charge is 0.369 e. The van der Waals surface area contributed by atoms with Crippen molar-refractivity contribution in [3.05, 3.63) is 78.0 Å². The zero-order chi connectivity index (χ0) is 24.0. The van der Waals surface area contributed by atoms with Gasteiger partial charge in [0.1, 0.15) is 0 Å². The van der Waals surface area contributed by atoms with Gasteiger partial charge in [-0.3, -0.25) is 4.90 Å². The van der Waals surface area contributed by atoms with Crippen molar-refractivity contribution < 1.29 is 4.39 Å². The van der Waals surface area contributed by atoms with Crippen LogP contribution in [0.25, 0.3) is 10.9 Å². The molecule has 2 aromatic carbocycles. The summed E-state index contributed by atoms with van der Waals surface area (Å²) in [5, 5.41) is 10.9. The minimum atomic E-state index is -0.423. The first-order valence-corrected chi connectivity index (χ1v) is 12.7. The van der Waals surface area contributed by atoms with Crippen LogP contribution >= 0.6 is 11.8 Å². The summed E-state index contributed by atoms with van der Waals surface area (Å²) >= 11 is 1.43. The highest BCUT2D eigenvalue weighted by Gasteiger charge is 2.17. The summed E-state index contributed by atoms with van der Waals surface area (Å²) < 4.78 is 13.0. The molecule has 0 spiro atoms. The van der Waals surface area contributed by atoms with Gasteiger partial charge in [-0.05, 0) is 85.6 Å². The van der Waals surface area contributed by atoms with Crippen molar-refractivity contribution in [1.82, 2.24) is 19.9 Å². The lowest BCUT2D eigenvalue weighted by atomic mass is 10.1. The quantitative estimate of drug-likeness (QED) is 0.270. The molecule has 4 aromatic rings. The normalized spacial score (nSPS) is 14.3. The van der Waals surface area contributed by atoms with Gasteiger partial charge >= 0.3 is 0 Å². The average molecular weight is 487 g/mol. The van der Waals surface area contributed by atoms with Crippen molar-refractivity contribution in [1.29, 1.82) is 5.26 Å². The Hall–Kier alpha value is -3.41. The Labute approximate surface area is 208 Å². The van der Waals surface area contributed by atoms with E-state index < -0.39 is 5.82 Å². The predicted molar refractivity (Wildman–Crippen MR) is 137 cm³/mol. The minimum Gasteiger partial charge on any atom is -0.369 e. The Bertz CT molecular complexity index is 1300. The van der Waals surface area contributed by atoms with Crippen molar-refractivity contribution >= 4 is 28.4 Å². The third kappa shape index (κ3) is 5.81. The van der Waals surface area contributed by atoms with Gasteiger partial charge in [-0.1, -0.05) is 0 Å². The maximum Gasteiger partial charge on any atom is 0.192 e. The van der Waals surface area contributed by atoms with Crippen LogP contribution in [0.2, 0.25) is 0 Å². The summed E-state index contributed by atoms with van der Waals surface area (Å²) in [5.74, 6) is -0.423. The first kappa shape index (κ1) is 23.3. The van der Waals surface area contributed by atoms with Crippen molar-refractivity contribution in [2.75, 3.05) is 37.6 Å². The van der Waals surface area contributed by atoms with E-state index in [1.807, 2.05) is 18.2 Å². The molecule has 0 bridgehead atoms. The molecule has 0 saturated carbocycles. The van der Waals surface area contributed by atoms with Crippen molar-refractivity contribution in [2.45, 2.75) is 29.3 Å². The molecular formula is C27H27FN6S. The van der Waals surface area contributed by atoms with E-state index in [-0.39, 0.29) is 0 Å². The van der Waals surface area contributed by atoms with Crippen LogP contribution in [0.4, 0.5) is 10.1 Å². The van der Waals surface area contributed by atoms with Gasteiger partial charge in [0.05, 0.1) is 24.0 Å². The number of aryl methyl sites for hydroxylation is 1. The minimum absolute atomic E-state index is 0.423. The molecule has 0 aliphatic carbocycles. The molecule has 2 aromatic heterocycles. The lowest BCUT2D eigenvalue weighted by Gasteiger charge is -2.36. The molecule has 35 heavy (non-hydrogen) atoms. The van der Waals surface area contributed by atoms with Gasteiger partial charge in [-0.25, -0.2) is 14.4 Å². The van der Waals surface area contributed by atoms with E-state index in [0.717, 1.165) is 56.0 Å². The number of unbranched alkanes of at least 4 members (excludes halogenated alkanes) is 1. The lowest BCUT2D eigenvalue weighted by Crippen LogP contribution is -2.46. The van der Waals surface area contributed by atoms with E-state index in [1.165, 1.54) is 47.2 Å². The molecule has 0 radical (unpaired) electrons. The third-order valence-corrected chi connectivity index (χ3v) is 7.35. The summed E-state index contributed by atoms with van der Waals surface area (Å²) in [6, 6.07) is 16.5. The van der Waals surface area contributed by atoms with Gasteiger partial charge in [0, 0.05) is 53.9 Å². The van der Waals surface area contributed by atoms with Crippen molar-refractivity contribution in [3.63, 3.8) is 0 Å². The number of hydrogen-bond donors (Lipinski definition) is 1. The summed E-state index contributed by atoms with van der Waals surface area (Å²) in [4.78, 5) is 17.4. The predicted octanol–water partition coefficient (Wildman–Crippen LogP) is 5.26. The maximum absolute atomic E-state index is 13.0. The number of nitriles is 1. The van der Waals surface area contributed by atoms with Crippen LogP contribution in [0.15, 0.2) is 71.1 Å². The first-order valence-electron chi connectivity index (χ1n) is 11.9. The third-order valence-electron chi connectivity index (χ3n) is 6.45. The van der Waals surface area contributed by atoms with Crippen LogP contribution in [-0.2, 0) is 6.42 Å². The number of rotatable bonds is 8. The topological polar surface area (TPSA) is 71.8 Å². The number of aromatic nitrogens is 3. The molecule has 1 aliphatic rings. The molecule has 178 valence electrons. The SMILES string of the molecule is N#Cc1ccc2[nH]cc(CCCCN3CCN(c4ccc(Sc5ncc(F)cn5)cc4)CC3)c2c1. The molecule has 1 aliphatic heterocycles. The fraction of sp³-hybridized carbons (Fsp3) is 0.296. The standard InChI is InChI=1S/C27H27FN6S/c28-22-18-31-27(32-19-22)35-24-7-5-23(6-8-24)34-13-11-33(12-14-34)10-2-1-3-21-17-30-26-9-4-20(16-29)15-25(21)26/h4-9,15,17-19,30H,1-3,10-14H2. The molecule has 0 atom stereocenters. The van der Waals surface area contributed by atoms with E-state index in [9.17, 15) is 4.39 Å². The molecule has 1 N–H and O–H groups in total. The molecule has 5 rings (SSSR count). The average Bonchev–Trinajstić information content (AvgIpc) is 3.31. The van der Waals surface area contributed by atoms with Gasteiger partial charge < -0.3 is 9.88 Å². The van der Waals surface area contributed by atoms with Crippen molar-refractivity contribution in [3.8, 4) is 6.07 Å². The number of fused-ring (bicyclic) bond motifs is 1. The second-order valence-corrected chi connectivity index (χ2v) is 9.79. The highest BCUT2D eigenvalue weighted by Crippen LogP contribution is 2.27. The molecule has 8 heteroatoms. The smallest absolute Gasteiger partial charge is 0.192 e. The molecular weight excluding hydrogens is 459 g/mol. The van der Waals surface area contributed by atoms with E-state index in [4.69, 9.17) is 5.26 Å². The van der Waals surface area contributed by atoms with Crippen molar-refractivity contribution in [2.24, 2.45) is 0 Å². The zero-order valence-corrected chi connectivity index (χ0v) is 20.3. The van der Waals surface area contributed by atoms with E-state index >= 15 is 0 Å². The Balaban J connectivity index is 1.05. The van der Waals surface area contributed by atoms with E-state index in [0.29, 0.717) is 10.7 Å². The van der Waals surface area contributed by atoms with Gasteiger partial charge in [0.15, 0.2) is 11.0 Å². The fourth-order valence-electron chi connectivity index (χ4n) is 4.52. The van der Waals surface area contributed by atoms with E-state index in [2.05, 4.69) is 61.3 Å². The number of aromatic amines is 1. The molecule has 1 saturated heterocycles. The number of benzene rings is 2. The van der Waals surface area contributed by atoms with Gasteiger partial charge in [0.25, 0.3) is 0 Å². The number of anilines is 1. The van der Waals surface area contributed by atoms with Gasteiger partial charge in [0.2, 0.25) is 0 Å². The molecule has 1 fully saturated rings. The number of hydrogen-bond acceptors (Lipinski definition) is 6. The molecule has 0 unspecified atom stereocenters. The summed E-state index contributed by atoms with van der Waals surface area (Å²) in [7, 11) is 0. The Morgan fingerprint density at radius 3 is 2.51 bits per heavy atom. The highest BCUT2D eigenvalue weighted by atomic mass is 32.2. The number of H-pyrrole nitrogens is 1. The van der Waals surface area contributed by atoms with Crippen LogP contribution in [0.3, 0.4) is 0 Å². The van der Waals surface area contributed by atoms with Crippen LogP contribution in [-0.4, -0.2) is 52.6 Å². The van der Waals surface area contributed by atoms with Gasteiger partial charge in [-0.2, -0.15) is 5.26 Å². The molecule has 3 heterocycles. The van der Waals surface area contributed by atoms with Crippen LogP contribution in [0, 0.1) is 17.1 Å². The second-order valence-electron chi connectivity index (χ2n) is 8.75. The van der Waals surface area contributed by atoms with Crippen LogP contribution in [0.5, 0.6) is 0 Å². The number of nitrogens with one attached hydrogen (secondary N) is 1. The van der Waals surface area contributed by atoms with E-state index in [1.54, 1.807) is 0 Å². The summed E-state index contributed by atoms with van der Waals surface area (Å²) in [6.07, 6.45) is 7.81. The Kier molecular flexibility index (Phi) is 7.26. The Morgan fingerprint density at radius 2 is 1.77 bits per heavy atom. The zero-order valence-electron chi connectivity index (χ0n) is 19.5. The van der Waals surface area contributed by atoms with Gasteiger partial charge in [-0.15, -0.1) is 0 Å². The second kappa shape index (κ2) is 10.9. The fourth-order valence-corrected chi connectivity index (χ4v) is 5.21. The van der Waals surface area contributed by atoms with Crippen LogP contribution < -0.4 is 4.90 Å². The molecule has 6 nitrogen and oxygen atoms in total. The first-order chi connectivity index (χ1) is 17.2. The summed E-state index contributed by atoms with van der Waals surface area (Å²) in [5.41, 5.74) is 4.34. The summed E-state index contributed by atoms with van der Waals surface area (Å²) in [6.45, 7) is 5.30. The number of nitrogens with zero attached hydrogens (tertiary/aromatic N) is 5. The number of halogens is 1. The number of piperazine rings is 1. The highest BCUT2D eigenvalue weighted by molar-refractivity contribution is 7.99. The van der Waals surface area contributed by atoms with Crippen LogP contribution in [0.1, 0.15) is 24.0 Å². The monoisotopic (exact) mass is 486 g/mol. The maximum atomic E-state index is 13.0.